The fourth-order valence-corrected chi connectivity index (χ4v) is 3.11. The third-order valence-electron chi connectivity index (χ3n) is 4.49. The second-order valence-electron chi connectivity index (χ2n) is 6.59. The van der Waals surface area contributed by atoms with Gasteiger partial charge in [-0.05, 0) is 19.9 Å². The van der Waals surface area contributed by atoms with E-state index in [1.165, 1.54) is 6.20 Å². The molecule has 1 saturated heterocycles. The third-order valence-corrected chi connectivity index (χ3v) is 4.49. The van der Waals surface area contributed by atoms with Crippen LogP contribution in [0.15, 0.2) is 30.5 Å². The van der Waals surface area contributed by atoms with Crippen LogP contribution in [0.4, 0.5) is 0 Å². The van der Waals surface area contributed by atoms with Crippen LogP contribution < -0.4 is 0 Å². The number of fused-ring (bicyclic) bond motifs is 1. The molecular formula is C19H25N3O3. The lowest BCUT2D eigenvalue weighted by Gasteiger charge is -2.35. The number of para-hydroxylation sites is 1. The summed E-state index contributed by atoms with van der Waals surface area (Å²) in [7, 11) is 0. The standard InChI is InChI=1S/C19H25N3O3/c1-14(2)25-12-11-21-7-9-22(10-8-21)19(24)18-15-5-3-4-6-16(15)20-13-17(18)23/h3-6,13-14,23H,7-12H2,1-2H3. The molecule has 6 heteroatoms. The highest BCUT2D eigenvalue weighted by Crippen LogP contribution is 2.26. The third kappa shape index (κ3) is 4.08. The van der Waals surface area contributed by atoms with E-state index in [0.717, 1.165) is 19.6 Å². The molecule has 0 unspecified atom stereocenters. The topological polar surface area (TPSA) is 65.9 Å². The van der Waals surface area contributed by atoms with E-state index in [9.17, 15) is 9.90 Å². The molecule has 134 valence electrons. The molecule has 0 spiro atoms. The molecule has 0 bridgehead atoms. The summed E-state index contributed by atoms with van der Waals surface area (Å²) in [5.74, 6) is -0.189. The van der Waals surface area contributed by atoms with E-state index < -0.39 is 0 Å². The average Bonchev–Trinajstić information content (AvgIpc) is 2.61. The zero-order chi connectivity index (χ0) is 17.8. The number of benzene rings is 1. The fourth-order valence-electron chi connectivity index (χ4n) is 3.11. The summed E-state index contributed by atoms with van der Waals surface area (Å²) in [5.41, 5.74) is 1.07. The SMILES string of the molecule is CC(C)OCCN1CCN(C(=O)c2c(O)cnc3ccccc23)CC1. The van der Waals surface area contributed by atoms with Crippen LogP contribution in [0, 0.1) is 0 Å². The van der Waals surface area contributed by atoms with Crippen molar-refractivity contribution < 1.29 is 14.6 Å². The van der Waals surface area contributed by atoms with Crippen molar-refractivity contribution in [3.05, 3.63) is 36.0 Å². The molecule has 1 fully saturated rings. The summed E-state index contributed by atoms with van der Waals surface area (Å²) in [6, 6.07) is 7.40. The minimum absolute atomic E-state index is 0.0588. The van der Waals surface area contributed by atoms with E-state index in [2.05, 4.69) is 9.88 Å². The molecular weight excluding hydrogens is 318 g/mol. The summed E-state index contributed by atoms with van der Waals surface area (Å²) < 4.78 is 5.59. The number of pyridine rings is 1. The summed E-state index contributed by atoms with van der Waals surface area (Å²) in [6.07, 6.45) is 1.60. The molecule has 0 saturated carbocycles. The number of aromatic nitrogens is 1. The number of nitrogens with zero attached hydrogens (tertiary/aromatic N) is 3. The fraction of sp³-hybridized carbons (Fsp3) is 0.474. The van der Waals surface area contributed by atoms with Gasteiger partial charge in [0.2, 0.25) is 0 Å². The van der Waals surface area contributed by atoms with Crippen molar-refractivity contribution >= 4 is 16.8 Å². The Bertz CT molecular complexity index is 740. The van der Waals surface area contributed by atoms with Gasteiger partial charge in [-0.1, -0.05) is 18.2 Å². The Kier molecular flexibility index (Phi) is 5.50. The van der Waals surface area contributed by atoms with Gasteiger partial charge in [-0.25, -0.2) is 0 Å². The van der Waals surface area contributed by atoms with E-state index in [1.54, 1.807) is 4.90 Å². The molecule has 1 aromatic heterocycles. The first kappa shape index (κ1) is 17.6. The van der Waals surface area contributed by atoms with Gasteiger partial charge in [0.05, 0.1) is 30.0 Å². The number of piperazine rings is 1. The molecule has 1 aliphatic rings. The van der Waals surface area contributed by atoms with Gasteiger partial charge in [-0.2, -0.15) is 0 Å². The smallest absolute Gasteiger partial charge is 0.258 e. The molecule has 0 atom stereocenters. The van der Waals surface area contributed by atoms with Crippen molar-refractivity contribution in [3.8, 4) is 5.75 Å². The van der Waals surface area contributed by atoms with Crippen LogP contribution in [0.1, 0.15) is 24.2 Å². The van der Waals surface area contributed by atoms with Crippen LogP contribution >= 0.6 is 0 Å². The first-order valence-corrected chi connectivity index (χ1v) is 8.76. The first-order chi connectivity index (χ1) is 12.1. The van der Waals surface area contributed by atoms with Crippen molar-refractivity contribution in [3.63, 3.8) is 0 Å². The van der Waals surface area contributed by atoms with Gasteiger partial charge in [-0.15, -0.1) is 0 Å². The molecule has 1 amide bonds. The predicted octanol–water partition coefficient (Wildman–Crippen LogP) is 2.12. The van der Waals surface area contributed by atoms with Crippen molar-refractivity contribution in [2.75, 3.05) is 39.3 Å². The second kappa shape index (κ2) is 7.80. The normalized spacial score (nSPS) is 15.9. The maximum Gasteiger partial charge on any atom is 0.258 e. The Hall–Kier alpha value is -2.18. The van der Waals surface area contributed by atoms with Gasteiger partial charge < -0.3 is 14.7 Å². The van der Waals surface area contributed by atoms with Crippen LogP contribution in [0.5, 0.6) is 5.75 Å². The molecule has 0 radical (unpaired) electrons. The molecule has 1 aliphatic heterocycles. The lowest BCUT2D eigenvalue weighted by molar-refractivity contribution is 0.0406. The summed E-state index contributed by atoms with van der Waals surface area (Å²) >= 11 is 0. The average molecular weight is 343 g/mol. The van der Waals surface area contributed by atoms with Crippen LogP contribution in [-0.4, -0.2) is 71.2 Å². The Morgan fingerprint density at radius 3 is 2.68 bits per heavy atom. The van der Waals surface area contributed by atoms with Gasteiger partial charge in [0.25, 0.3) is 5.91 Å². The summed E-state index contributed by atoms with van der Waals surface area (Å²) in [4.78, 5) is 21.2. The maximum atomic E-state index is 12.9. The Labute approximate surface area is 148 Å². The zero-order valence-electron chi connectivity index (χ0n) is 14.8. The highest BCUT2D eigenvalue weighted by Gasteiger charge is 2.25. The van der Waals surface area contributed by atoms with E-state index in [0.29, 0.717) is 36.2 Å². The van der Waals surface area contributed by atoms with Gasteiger partial charge in [0, 0.05) is 38.1 Å². The van der Waals surface area contributed by atoms with Gasteiger partial charge in [0.15, 0.2) is 0 Å². The van der Waals surface area contributed by atoms with Crippen molar-refractivity contribution in [2.45, 2.75) is 20.0 Å². The van der Waals surface area contributed by atoms with E-state index in [4.69, 9.17) is 4.74 Å². The lowest BCUT2D eigenvalue weighted by Crippen LogP contribution is -2.49. The van der Waals surface area contributed by atoms with E-state index in [-0.39, 0.29) is 17.8 Å². The highest BCUT2D eigenvalue weighted by atomic mass is 16.5. The Morgan fingerprint density at radius 2 is 1.96 bits per heavy atom. The number of hydrogen-bond acceptors (Lipinski definition) is 5. The van der Waals surface area contributed by atoms with Crippen LogP contribution in [0.2, 0.25) is 0 Å². The number of aromatic hydroxyl groups is 1. The molecule has 2 heterocycles. The van der Waals surface area contributed by atoms with Crippen molar-refractivity contribution in [1.82, 2.24) is 14.8 Å². The number of ether oxygens (including phenoxy) is 1. The van der Waals surface area contributed by atoms with Crippen LogP contribution in [0.3, 0.4) is 0 Å². The number of carbonyl (C=O) groups is 1. The van der Waals surface area contributed by atoms with Crippen LogP contribution in [0.25, 0.3) is 10.9 Å². The second-order valence-corrected chi connectivity index (χ2v) is 6.59. The quantitative estimate of drug-likeness (QED) is 0.901. The predicted molar refractivity (Wildman–Crippen MR) is 96.8 cm³/mol. The van der Waals surface area contributed by atoms with Gasteiger partial charge in [0.1, 0.15) is 5.75 Å². The summed E-state index contributed by atoms with van der Waals surface area (Å²) in [6.45, 7) is 8.58. The van der Waals surface area contributed by atoms with E-state index in [1.807, 2.05) is 38.1 Å². The molecule has 25 heavy (non-hydrogen) atoms. The minimum Gasteiger partial charge on any atom is -0.505 e. The molecule has 6 nitrogen and oxygen atoms in total. The lowest BCUT2D eigenvalue weighted by atomic mass is 10.1. The monoisotopic (exact) mass is 343 g/mol. The maximum absolute atomic E-state index is 12.9. The Morgan fingerprint density at radius 1 is 1.24 bits per heavy atom. The molecule has 0 aliphatic carbocycles. The van der Waals surface area contributed by atoms with Crippen molar-refractivity contribution in [2.24, 2.45) is 0 Å². The summed E-state index contributed by atoms with van der Waals surface area (Å²) in [5, 5.41) is 10.9. The number of hydrogen-bond donors (Lipinski definition) is 1. The number of amides is 1. The zero-order valence-corrected chi connectivity index (χ0v) is 14.8. The number of carbonyl (C=O) groups excluding carboxylic acids is 1. The minimum atomic E-state index is -0.130. The van der Waals surface area contributed by atoms with Crippen LogP contribution in [-0.2, 0) is 4.74 Å². The van der Waals surface area contributed by atoms with Gasteiger partial charge >= 0.3 is 0 Å². The van der Waals surface area contributed by atoms with Crippen molar-refractivity contribution in [1.29, 1.82) is 0 Å². The Balaban J connectivity index is 1.66. The van der Waals surface area contributed by atoms with Gasteiger partial charge in [-0.3, -0.25) is 14.7 Å². The first-order valence-electron chi connectivity index (χ1n) is 8.76. The highest BCUT2D eigenvalue weighted by molar-refractivity contribution is 6.08. The molecule has 2 aromatic rings. The number of rotatable bonds is 5. The molecule has 1 aromatic carbocycles. The largest absolute Gasteiger partial charge is 0.505 e. The molecule has 3 rings (SSSR count). The molecule has 1 N–H and O–H groups in total. The van der Waals surface area contributed by atoms with E-state index >= 15 is 0 Å².